The van der Waals surface area contributed by atoms with Crippen LogP contribution in [0.2, 0.25) is 0 Å². The van der Waals surface area contributed by atoms with Gasteiger partial charge in [-0.05, 0) is 48.3 Å². The molecule has 0 radical (unpaired) electrons. The number of aryl methyl sites for hydroxylation is 1. The monoisotopic (exact) mass is 272 g/mol. The molecule has 0 aliphatic heterocycles. The predicted molar refractivity (Wildman–Crippen MR) is 66.3 cm³/mol. The number of nitrogens with one attached hydrogen (secondary N) is 1. The minimum absolute atomic E-state index is 0.208. The van der Waals surface area contributed by atoms with Gasteiger partial charge in [0.25, 0.3) is 0 Å². The Morgan fingerprint density at radius 3 is 2.93 bits per heavy atom. The van der Waals surface area contributed by atoms with E-state index >= 15 is 0 Å². The van der Waals surface area contributed by atoms with Crippen LogP contribution in [-0.4, -0.2) is 24.2 Å². The molecule has 1 unspecified atom stereocenters. The van der Waals surface area contributed by atoms with Crippen LogP contribution in [0.1, 0.15) is 19.4 Å². The van der Waals surface area contributed by atoms with Gasteiger partial charge in [0.2, 0.25) is 0 Å². The van der Waals surface area contributed by atoms with Crippen molar-refractivity contribution in [2.45, 2.75) is 26.9 Å². The van der Waals surface area contributed by atoms with E-state index in [1.54, 1.807) is 6.20 Å². The van der Waals surface area contributed by atoms with Gasteiger partial charge in [-0.1, -0.05) is 0 Å². The van der Waals surface area contributed by atoms with E-state index in [0.29, 0.717) is 0 Å². The van der Waals surface area contributed by atoms with Gasteiger partial charge in [0.05, 0.1) is 6.10 Å². The molecule has 1 N–H and O–H groups in total. The van der Waals surface area contributed by atoms with E-state index < -0.39 is 0 Å². The maximum absolute atomic E-state index is 5.43. The molecule has 1 aromatic heterocycles. The number of halogens is 1. The number of rotatable bonds is 5. The summed E-state index contributed by atoms with van der Waals surface area (Å²) < 4.78 is 6.43. The van der Waals surface area contributed by atoms with Crippen molar-refractivity contribution in [1.82, 2.24) is 4.98 Å². The van der Waals surface area contributed by atoms with Gasteiger partial charge in [-0.2, -0.15) is 0 Å². The summed E-state index contributed by atoms with van der Waals surface area (Å²) in [6.45, 7) is 7.61. The van der Waals surface area contributed by atoms with Crippen molar-refractivity contribution in [3.8, 4) is 0 Å². The molecule has 0 aromatic carbocycles. The van der Waals surface area contributed by atoms with Crippen molar-refractivity contribution in [3.05, 3.63) is 22.3 Å². The lowest BCUT2D eigenvalue weighted by molar-refractivity contribution is 0.0855. The van der Waals surface area contributed by atoms with E-state index in [1.165, 1.54) is 0 Å². The van der Waals surface area contributed by atoms with Gasteiger partial charge in [-0.3, -0.25) is 0 Å². The second kappa shape index (κ2) is 6.08. The number of ether oxygens (including phenoxy) is 1. The van der Waals surface area contributed by atoms with Crippen LogP contribution in [0, 0.1) is 6.92 Å². The van der Waals surface area contributed by atoms with Gasteiger partial charge >= 0.3 is 0 Å². The lowest BCUT2D eigenvalue weighted by Crippen LogP contribution is -2.20. The van der Waals surface area contributed by atoms with Gasteiger partial charge in [-0.15, -0.1) is 0 Å². The summed E-state index contributed by atoms with van der Waals surface area (Å²) in [5.41, 5.74) is 1.13. The minimum Gasteiger partial charge on any atom is -0.377 e. The van der Waals surface area contributed by atoms with Crippen LogP contribution in [0.15, 0.2) is 16.7 Å². The Hall–Kier alpha value is -0.610. The minimum atomic E-state index is 0.208. The van der Waals surface area contributed by atoms with Crippen molar-refractivity contribution >= 4 is 21.7 Å². The first kappa shape index (κ1) is 12.5. The number of aromatic nitrogens is 1. The van der Waals surface area contributed by atoms with Crippen molar-refractivity contribution in [3.63, 3.8) is 0 Å². The Bertz CT molecular complexity index is 317. The van der Waals surface area contributed by atoms with Gasteiger partial charge < -0.3 is 10.1 Å². The molecule has 3 nitrogen and oxygen atoms in total. The topological polar surface area (TPSA) is 34.1 Å². The Morgan fingerprint density at radius 2 is 2.33 bits per heavy atom. The number of nitrogens with zero attached hydrogens (tertiary/aromatic N) is 1. The predicted octanol–water partition coefficient (Wildman–Crippen LogP) is 2.99. The molecule has 0 saturated carbocycles. The SMILES string of the molecule is CCOC(C)CNc1ncc(Br)cc1C. The second-order valence-corrected chi connectivity index (χ2v) is 4.38. The summed E-state index contributed by atoms with van der Waals surface area (Å²) >= 11 is 3.39. The first-order valence-corrected chi connectivity index (χ1v) is 5.90. The van der Waals surface area contributed by atoms with Crippen LogP contribution in [0.25, 0.3) is 0 Å². The number of hydrogen-bond donors (Lipinski definition) is 1. The number of pyridine rings is 1. The molecule has 84 valence electrons. The highest BCUT2D eigenvalue weighted by molar-refractivity contribution is 9.10. The zero-order chi connectivity index (χ0) is 11.3. The molecular weight excluding hydrogens is 256 g/mol. The third-order valence-electron chi connectivity index (χ3n) is 2.05. The molecule has 0 aliphatic rings. The van der Waals surface area contributed by atoms with Crippen LogP contribution in [-0.2, 0) is 4.74 Å². The Balaban J connectivity index is 2.50. The van der Waals surface area contributed by atoms with Gasteiger partial charge in [0, 0.05) is 23.8 Å². The molecule has 0 aliphatic carbocycles. The summed E-state index contributed by atoms with van der Waals surface area (Å²) in [4.78, 5) is 4.30. The molecule has 0 bridgehead atoms. The molecule has 1 heterocycles. The van der Waals surface area contributed by atoms with E-state index in [1.807, 2.05) is 26.8 Å². The normalized spacial score (nSPS) is 12.5. The highest BCUT2D eigenvalue weighted by Crippen LogP contribution is 2.16. The zero-order valence-corrected chi connectivity index (χ0v) is 11.0. The van der Waals surface area contributed by atoms with Gasteiger partial charge in [0.15, 0.2) is 0 Å². The van der Waals surface area contributed by atoms with E-state index in [4.69, 9.17) is 4.74 Å². The Labute approximate surface area is 99.4 Å². The molecule has 1 rings (SSSR count). The standard InChI is InChI=1S/C11H17BrN2O/c1-4-15-9(3)6-13-11-8(2)5-10(12)7-14-11/h5,7,9H,4,6H2,1-3H3,(H,13,14). The van der Waals surface area contributed by atoms with Crippen LogP contribution < -0.4 is 5.32 Å². The first-order chi connectivity index (χ1) is 7.13. The van der Waals surface area contributed by atoms with E-state index in [-0.39, 0.29) is 6.10 Å². The Kier molecular flexibility index (Phi) is 5.05. The number of anilines is 1. The summed E-state index contributed by atoms with van der Waals surface area (Å²) in [6, 6.07) is 2.04. The first-order valence-electron chi connectivity index (χ1n) is 5.11. The average molecular weight is 273 g/mol. The number of hydrogen-bond acceptors (Lipinski definition) is 3. The molecule has 1 atom stereocenters. The van der Waals surface area contributed by atoms with Gasteiger partial charge in [0.1, 0.15) is 5.82 Å². The smallest absolute Gasteiger partial charge is 0.129 e. The van der Waals surface area contributed by atoms with Crippen LogP contribution >= 0.6 is 15.9 Å². The van der Waals surface area contributed by atoms with Crippen molar-refractivity contribution in [2.24, 2.45) is 0 Å². The van der Waals surface area contributed by atoms with Crippen molar-refractivity contribution in [2.75, 3.05) is 18.5 Å². The highest BCUT2D eigenvalue weighted by atomic mass is 79.9. The van der Waals surface area contributed by atoms with Crippen LogP contribution in [0.5, 0.6) is 0 Å². The molecular formula is C11H17BrN2O. The van der Waals surface area contributed by atoms with Crippen molar-refractivity contribution < 1.29 is 4.74 Å². The molecule has 15 heavy (non-hydrogen) atoms. The fourth-order valence-electron chi connectivity index (χ4n) is 1.31. The summed E-state index contributed by atoms with van der Waals surface area (Å²) in [6.07, 6.45) is 2.00. The summed E-state index contributed by atoms with van der Waals surface area (Å²) in [5.74, 6) is 0.921. The summed E-state index contributed by atoms with van der Waals surface area (Å²) in [5, 5.41) is 3.27. The lowest BCUT2D eigenvalue weighted by atomic mass is 10.3. The molecule has 1 aromatic rings. The van der Waals surface area contributed by atoms with Crippen LogP contribution in [0.3, 0.4) is 0 Å². The quantitative estimate of drug-likeness (QED) is 0.895. The second-order valence-electron chi connectivity index (χ2n) is 3.47. The van der Waals surface area contributed by atoms with Crippen LogP contribution in [0.4, 0.5) is 5.82 Å². The van der Waals surface area contributed by atoms with E-state index in [0.717, 1.165) is 29.0 Å². The third-order valence-corrected chi connectivity index (χ3v) is 2.49. The largest absolute Gasteiger partial charge is 0.377 e. The average Bonchev–Trinajstić information content (AvgIpc) is 2.17. The lowest BCUT2D eigenvalue weighted by Gasteiger charge is -2.14. The molecule has 0 saturated heterocycles. The summed E-state index contributed by atoms with van der Waals surface area (Å²) in [7, 11) is 0. The van der Waals surface area contributed by atoms with Crippen molar-refractivity contribution in [1.29, 1.82) is 0 Å². The third kappa shape index (κ3) is 4.18. The maximum Gasteiger partial charge on any atom is 0.129 e. The van der Waals surface area contributed by atoms with Gasteiger partial charge in [-0.25, -0.2) is 4.98 Å². The molecule has 0 spiro atoms. The Morgan fingerprint density at radius 1 is 1.60 bits per heavy atom. The fourth-order valence-corrected chi connectivity index (χ4v) is 1.76. The molecule has 0 fully saturated rings. The highest BCUT2D eigenvalue weighted by Gasteiger charge is 2.03. The molecule has 0 amide bonds. The molecule has 4 heteroatoms. The van der Waals surface area contributed by atoms with E-state index in [9.17, 15) is 0 Å². The zero-order valence-electron chi connectivity index (χ0n) is 9.38. The maximum atomic E-state index is 5.43. The van der Waals surface area contributed by atoms with E-state index in [2.05, 4.69) is 26.2 Å². The fraction of sp³-hybridized carbons (Fsp3) is 0.545.